The summed E-state index contributed by atoms with van der Waals surface area (Å²) in [6, 6.07) is 1.73. The lowest BCUT2D eigenvalue weighted by atomic mass is 10.3. The van der Waals surface area contributed by atoms with Crippen molar-refractivity contribution < 1.29 is 9.59 Å². The lowest BCUT2D eigenvalue weighted by Crippen LogP contribution is -2.20. The Morgan fingerprint density at radius 2 is 2.19 bits per heavy atom. The molecule has 0 saturated carbocycles. The maximum Gasteiger partial charge on any atom is 0.275 e. The van der Waals surface area contributed by atoms with Crippen LogP contribution in [0.15, 0.2) is 11.4 Å². The second kappa shape index (κ2) is 6.49. The third-order valence-electron chi connectivity index (χ3n) is 2.83. The van der Waals surface area contributed by atoms with Gasteiger partial charge in [-0.1, -0.05) is 0 Å². The van der Waals surface area contributed by atoms with E-state index in [4.69, 9.17) is 0 Å². The van der Waals surface area contributed by atoms with Gasteiger partial charge in [-0.2, -0.15) is 5.10 Å². The minimum Gasteiger partial charge on any atom is -0.359 e. The van der Waals surface area contributed by atoms with Gasteiger partial charge in [0.25, 0.3) is 5.91 Å². The summed E-state index contributed by atoms with van der Waals surface area (Å²) >= 11 is 1.29. The highest BCUT2D eigenvalue weighted by Crippen LogP contribution is 2.17. The van der Waals surface area contributed by atoms with Gasteiger partial charge in [0.2, 0.25) is 5.91 Å². The number of nitrogens with zero attached hydrogens (tertiary/aromatic N) is 3. The maximum atomic E-state index is 12.2. The Morgan fingerprint density at radius 3 is 2.86 bits per heavy atom. The van der Waals surface area contributed by atoms with Crippen molar-refractivity contribution >= 4 is 28.3 Å². The summed E-state index contributed by atoms with van der Waals surface area (Å²) in [7, 11) is 1.58. The van der Waals surface area contributed by atoms with Crippen LogP contribution in [0.3, 0.4) is 0 Å². The lowest BCUT2D eigenvalue weighted by Gasteiger charge is -2.03. The number of hydrogen-bond acceptors (Lipinski definition) is 5. The number of aromatic nitrogens is 3. The van der Waals surface area contributed by atoms with E-state index in [1.807, 2.05) is 13.8 Å². The predicted octanol–water partition coefficient (Wildman–Crippen LogP) is 1.21. The van der Waals surface area contributed by atoms with Crippen molar-refractivity contribution in [3.63, 3.8) is 0 Å². The molecule has 0 aromatic carbocycles. The Bertz CT molecular complexity index is 661. The standard InChI is InChI=1S/C13H17N5O2S/c1-4-18-10(5-8(2)17-18)12(20)16-13-15-9(7-21-13)6-11(19)14-3/h5,7H,4,6H2,1-3H3,(H,14,19)(H,15,16,20). The van der Waals surface area contributed by atoms with Gasteiger partial charge in [0.05, 0.1) is 17.8 Å². The van der Waals surface area contributed by atoms with Gasteiger partial charge in [0, 0.05) is 19.0 Å². The average Bonchev–Trinajstić information content (AvgIpc) is 3.05. The van der Waals surface area contributed by atoms with Gasteiger partial charge in [-0.05, 0) is 19.9 Å². The molecule has 7 nitrogen and oxygen atoms in total. The van der Waals surface area contributed by atoms with Crippen LogP contribution in [0.4, 0.5) is 5.13 Å². The molecule has 0 aliphatic carbocycles. The summed E-state index contributed by atoms with van der Waals surface area (Å²) in [6.45, 7) is 4.39. The molecule has 2 rings (SSSR count). The zero-order valence-corrected chi connectivity index (χ0v) is 13.0. The van der Waals surface area contributed by atoms with Crippen LogP contribution in [0.1, 0.15) is 28.8 Å². The third-order valence-corrected chi connectivity index (χ3v) is 3.63. The number of aryl methyl sites for hydroxylation is 2. The minimum atomic E-state index is -0.252. The van der Waals surface area contributed by atoms with E-state index in [1.165, 1.54) is 11.3 Å². The largest absolute Gasteiger partial charge is 0.359 e. The van der Waals surface area contributed by atoms with Crippen molar-refractivity contribution in [1.82, 2.24) is 20.1 Å². The van der Waals surface area contributed by atoms with Crippen molar-refractivity contribution in [2.24, 2.45) is 0 Å². The first-order valence-corrected chi connectivity index (χ1v) is 7.42. The summed E-state index contributed by atoms with van der Waals surface area (Å²) in [5.74, 6) is -0.365. The SMILES string of the molecule is CCn1nc(C)cc1C(=O)Nc1nc(CC(=O)NC)cs1. The molecule has 0 spiro atoms. The Morgan fingerprint density at radius 1 is 1.43 bits per heavy atom. The van der Waals surface area contributed by atoms with Gasteiger partial charge in [-0.25, -0.2) is 4.98 Å². The third kappa shape index (κ3) is 3.66. The zero-order chi connectivity index (χ0) is 15.4. The molecule has 0 radical (unpaired) electrons. The quantitative estimate of drug-likeness (QED) is 0.869. The summed E-state index contributed by atoms with van der Waals surface area (Å²) in [6.07, 6.45) is 0.203. The second-order valence-corrected chi connectivity index (χ2v) is 5.29. The molecule has 0 aliphatic heterocycles. The van der Waals surface area contributed by atoms with Crippen LogP contribution < -0.4 is 10.6 Å². The normalized spacial score (nSPS) is 10.4. The van der Waals surface area contributed by atoms with E-state index in [0.29, 0.717) is 23.1 Å². The van der Waals surface area contributed by atoms with E-state index in [0.717, 1.165) is 5.69 Å². The molecule has 0 atom stereocenters. The number of nitrogens with one attached hydrogen (secondary N) is 2. The number of likely N-dealkylation sites (N-methyl/N-ethyl adjacent to an activating group) is 1. The van der Waals surface area contributed by atoms with Crippen molar-refractivity contribution in [3.8, 4) is 0 Å². The molecular formula is C13H17N5O2S. The number of carbonyl (C=O) groups excluding carboxylic acids is 2. The number of hydrogen-bond donors (Lipinski definition) is 2. The van der Waals surface area contributed by atoms with E-state index in [2.05, 4.69) is 20.7 Å². The Labute approximate surface area is 126 Å². The minimum absolute atomic E-state index is 0.113. The van der Waals surface area contributed by atoms with E-state index in [-0.39, 0.29) is 18.2 Å². The first-order chi connectivity index (χ1) is 10.0. The first-order valence-electron chi connectivity index (χ1n) is 6.54. The van der Waals surface area contributed by atoms with Gasteiger partial charge in [-0.15, -0.1) is 11.3 Å². The molecule has 0 bridgehead atoms. The second-order valence-electron chi connectivity index (χ2n) is 4.43. The predicted molar refractivity (Wildman–Crippen MR) is 80.5 cm³/mol. The lowest BCUT2D eigenvalue weighted by molar-refractivity contribution is -0.120. The van der Waals surface area contributed by atoms with Crippen LogP contribution in [0.2, 0.25) is 0 Å². The van der Waals surface area contributed by atoms with Crippen molar-refractivity contribution in [2.75, 3.05) is 12.4 Å². The molecule has 0 unspecified atom stereocenters. The molecule has 0 fully saturated rings. The average molecular weight is 307 g/mol. The number of thiazole rings is 1. The summed E-state index contributed by atoms with van der Waals surface area (Å²) in [4.78, 5) is 27.7. The van der Waals surface area contributed by atoms with Gasteiger partial charge >= 0.3 is 0 Å². The zero-order valence-electron chi connectivity index (χ0n) is 12.1. The number of rotatable bonds is 5. The number of carbonyl (C=O) groups is 2. The van der Waals surface area contributed by atoms with Gasteiger partial charge < -0.3 is 5.32 Å². The molecule has 0 aliphatic rings. The fourth-order valence-electron chi connectivity index (χ4n) is 1.83. The molecule has 112 valence electrons. The van der Waals surface area contributed by atoms with E-state index < -0.39 is 0 Å². The maximum absolute atomic E-state index is 12.2. The number of amides is 2. The van der Waals surface area contributed by atoms with Crippen molar-refractivity contribution in [2.45, 2.75) is 26.8 Å². The van der Waals surface area contributed by atoms with Crippen LogP contribution in [0.5, 0.6) is 0 Å². The first kappa shape index (κ1) is 15.2. The molecule has 0 saturated heterocycles. The molecule has 2 aromatic heterocycles. The van der Waals surface area contributed by atoms with Crippen molar-refractivity contribution in [1.29, 1.82) is 0 Å². The van der Waals surface area contributed by atoms with Crippen LogP contribution >= 0.6 is 11.3 Å². The molecule has 21 heavy (non-hydrogen) atoms. The van der Waals surface area contributed by atoms with Crippen LogP contribution in [0, 0.1) is 6.92 Å². The summed E-state index contributed by atoms with van der Waals surface area (Å²) in [5, 5.41) is 11.7. The van der Waals surface area contributed by atoms with Gasteiger partial charge in [-0.3, -0.25) is 19.6 Å². The van der Waals surface area contributed by atoms with E-state index in [1.54, 1.807) is 23.2 Å². The van der Waals surface area contributed by atoms with Crippen LogP contribution in [-0.2, 0) is 17.8 Å². The molecule has 2 aromatic rings. The Hall–Kier alpha value is -2.22. The highest BCUT2D eigenvalue weighted by molar-refractivity contribution is 7.14. The molecular weight excluding hydrogens is 290 g/mol. The topological polar surface area (TPSA) is 88.9 Å². The summed E-state index contributed by atoms with van der Waals surface area (Å²) < 4.78 is 1.64. The van der Waals surface area contributed by atoms with Gasteiger partial charge in [0.15, 0.2) is 5.13 Å². The Kier molecular flexibility index (Phi) is 4.69. The molecule has 2 heterocycles. The van der Waals surface area contributed by atoms with Crippen LogP contribution in [0.25, 0.3) is 0 Å². The number of anilines is 1. The molecule has 2 amide bonds. The fourth-order valence-corrected chi connectivity index (χ4v) is 2.53. The fraction of sp³-hybridized carbons (Fsp3) is 0.385. The smallest absolute Gasteiger partial charge is 0.275 e. The molecule has 2 N–H and O–H groups in total. The highest BCUT2D eigenvalue weighted by atomic mass is 32.1. The molecule has 8 heteroatoms. The van der Waals surface area contributed by atoms with E-state index >= 15 is 0 Å². The monoisotopic (exact) mass is 307 g/mol. The Balaban J connectivity index is 2.07. The highest BCUT2D eigenvalue weighted by Gasteiger charge is 2.15. The van der Waals surface area contributed by atoms with Crippen molar-refractivity contribution in [3.05, 3.63) is 28.5 Å². The summed E-state index contributed by atoms with van der Waals surface area (Å²) in [5.41, 5.74) is 1.93. The van der Waals surface area contributed by atoms with Gasteiger partial charge in [0.1, 0.15) is 5.69 Å². The van der Waals surface area contributed by atoms with Crippen LogP contribution in [-0.4, -0.2) is 33.6 Å². The van der Waals surface area contributed by atoms with E-state index in [9.17, 15) is 9.59 Å².